The van der Waals surface area contributed by atoms with Crippen LogP contribution in [0.3, 0.4) is 0 Å². The Labute approximate surface area is 112 Å². The highest BCUT2D eigenvalue weighted by Crippen LogP contribution is 2.39. The number of hydrogen-bond donors (Lipinski definition) is 0. The third-order valence-corrected chi connectivity index (χ3v) is 3.28. The minimum atomic E-state index is -0.831. The number of rotatable bonds is 7. The highest BCUT2D eigenvalue weighted by Gasteiger charge is 2.50. The van der Waals surface area contributed by atoms with E-state index in [1.165, 1.54) is 0 Å². The summed E-state index contributed by atoms with van der Waals surface area (Å²) in [4.78, 5) is 12.4. The predicted octanol–water partition coefficient (Wildman–Crippen LogP) is 3.81. The van der Waals surface area contributed by atoms with E-state index in [0.717, 1.165) is 6.42 Å². The number of carbonyl (C=O) groups excluding carboxylic acids is 1. The lowest BCUT2D eigenvalue weighted by Crippen LogP contribution is -2.53. The highest BCUT2D eigenvalue weighted by atomic mass is 16.6. The molecule has 0 radical (unpaired) electrons. The second kappa shape index (κ2) is 7.13. The van der Waals surface area contributed by atoms with Crippen molar-refractivity contribution in [3.05, 3.63) is 0 Å². The van der Waals surface area contributed by atoms with Gasteiger partial charge in [0.25, 0.3) is 0 Å². The van der Waals surface area contributed by atoms with Crippen molar-refractivity contribution >= 4 is 5.97 Å². The molecule has 1 atom stereocenters. The number of carbonyl (C=O) groups is 1. The molecule has 0 saturated heterocycles. The first-order valence-electron chi connectivity index (χ1n) is 7.02. The summed E-state index contributed by atoms with van der Waals surface area (Å²) >= 11 is 0. The van der Waals surface area contributed by atoms with Crippen molar-refractivity contribution in [3.63, 3.8) is 0 Å². The molecule has 0 aliphatic rings. The minimum absolute atomic E-state index is 0.222. The first-order valence-corrected chi connectivity index (χ1v) is 7.02. The van der Waals surface area contributed by atoms with Crippen LogP contribution in [0.25, 0.3) is 0 Å². The fraction of sp³-hybridized carbons (Fsp3) is 0.933. The van der Waals surface area contributed by atoms with Gasteiger partial charge >= 0.3 is 5.97 Å². The van der Waals surface area contributed by atoms with E-state index >= 15 is 0 Å². The fourth-order valence-electron chi connectivity index (χ4n) is 2.12. The van der Waals surface area contributed by atoms with Gasteiger partial charge in [-0.3, -0.25) is 0 Å². The zero-order chi connectivity index (χ0) is 14.4. The van der Waals surface area contributed by atoms with Gasteiger partial charge in [0.05, 0.1) is 6.61 Å². The van der Waals surface area contributed by atoms with Crippen molar-refractivity contribution < 1.29 is 14.3 Å². The average Bonchev–Trinajstić information content (AvgIpc) is 2.22. The molecule has 0 aliphatic heterocycles. The molecule has 0 aromatic heterocycles. The zero-order valence-electron chi connectivity index (χ0n) is 13.1. The molecule has 108 valence electrons. The first kappa shape index (κ1) is 17.4. The molecule has 0 bridgehead atoms. The van der Waals surface area contributed by atoms with Gasteiger partial charge in [-0.25, -0.2) is 4.79 Å². The van der Waals surface area contributed by atoms with Crippen LogP contribution in [0.2, 0.25) is 0 Å². The molecule has 0 aliphatic carbocycles. The Hall–Kier alpha value is -0.570. The van der Waals surface area contributed by atoms with Crippen molar-refractivity contribution in [1.29, 1.82) is 0 Å². The van der Waals surface area contributed by atoms with Gasteiger partial charge < -0.3 is 9.47 Å². The SMILES string of the molecule is CCOC(=O)C(CCC(C)C)(OCC)C(C)(C)C. The van der Waals surface area contributed by atoms with Crippen LogP contribution >= 0.6 is 0 Å². The van der Waals surface area contributed by atoms with Gasteiger partial charge in [-0.05, 0) is 32.6 Å². The molecule has 0 N–H and O–H groups in total. The van der Waals surface area contributed by atoms with Gasteiger partial charge in [-0.1, -0.05) is 34.6 Å². The Morgan fingerprint density at radius 2 is 1.67 bits per heavy atom. The van der Waals surface area contributed by atoms with Gasteiger partial charge in [0.2, 0.25) is 0 Å². The van der Waals surface area contributed by atoms with E-state index in [1.807, 2.05) is 34.6 Å². The van der Waals surface area contributed by atoms with Crippen LogP contribution in [-0.4, -0.2) is 24.8 Å². The van der Waals surface area contributed by atoms with Crippen LogP contribution in [0.15, 0.2) is 0 Å². The molecule has 0 saturated carbocycles. The average molecular weight is 258 g/mol. The fourth-order valence-corrected chi connectivity index (χ4v) is 2.12. The molecule has 0 fully saturated rings. The number of hydrogen-bond acceptors (Lipinski definition) is 3. The van der Waals surface area contributed by atoms with E-state index in [1.54, 1.807) is 0 Å². The Kier molecular flexibility index (Phi) is 6.90. The summed E-state index contributed by atoms with van der Waals surface area (Å²) in [6.07, 6.45) is 1.66. The van der Waals surface area contributed by atoms with Crippen molar-refractivity contribution in [3.8, 4) is 0 Å². The van der Waals surface area contributed by atoms with E-state index in [2.05, 4.69) is 13.8 Å². The molecule has 0 amide bonds. The molecule has 0 aromatic rings. The maximum Gasteiger partial charge on any atom is 0.338 e. The van der Waals surface area contributed by atoms with E-state index < -0.39 is 5.60 Å². The van der Waals surface area contributed by atoms with Crippen LogP contribution in [0, 0.1) is 11.3 Å². The highest BCUT2D eigenvalue weighted by molar-refractivity contribution is 5.80. The summed E-state index contributed by atoms with van der Waals surface area (Å²) in [6.45, 7) is 15.1. The minimum Gasteiger partial charge on any atom is -0.464 e. The second-order valence-corrected chi connectivity index (χ2v) is 6.16. The molecule has 3 heteroatoms. The Morgan fingerprint density at radius 3 is 2.00 bits per heavy atom. The summed E-state index contributed by atoms with van der Waals surface area (Å²) in [6, 6.07) is 0. The third-order valence-electron chi connectivity index (χ3n) is 3.28. The van der Waals surface area contributed by atoms with E-state index in [0.29, 0.717) is 25.6 Å². The standard InChI is InChI=1S/C15H30O3/c1-8-17-13(16)15(18-9-2,14(5,6)7)11-10-12(3)4/h12H,8-11H2,1-7H3. The van der Waals surface area contributed by atoms with E-state index in [9.17, 15) is 4.79 Å². The van der Waals surface area contributed by atoms with Crippen LogP contribution in [0.1, 0.15) is 61.3 Å². The predicted molar refractivity (Wildman–Crippen MR) is 74.5 cm³/mol. The Bertz CT molecular complexity index is 253. The maximum atomic E-state index is 12.4. The van der Waals surface area contributed by atoms with Crippen molar-refractivity contribution in [2.75, 3.05) is 13.2 Å². The molecule has 0 heterocycles. The lowest BCUT2D eigenvalue weighted by Gasteiger charge is -2.42. The maximum absolute atomic E-state index is 12.4. The molecule has 0 aromatic carbocycles. The van der Waals surface area contributed by atoms with Crippen LogP contribution in [0.5, 0.6) is 0 Å². The van der Waals surface area contributed by atoms with Crippen LogP contribution < -0.4 is 0 Å². The summed E-state index contributed by atoms with van der Waals surface area (Å²) in [5, 5.41) is 0. The first-order chi connectivity index (χ1) is 8.21. The van der Waals surface area contributed by atoms with Crippen LogP contribution in [0.4, 0.5) is 0 Å². The van der Waals surface area contributed by atoms with Gasteiger partial charge in [0.15, 0.2) is 5.60 Å². The van der Waals surface area contributed by atoms with Crippen molar-refractivity contribution in [2.24, 2.45) is 11.3 Å². The smallest absolute Gasteiger partial charge is 0.338 e. The quantitative estimate of drug-likeness (QED) is 0.651. The number of ether oxygens (including phenoxy) is 2. The van der Waals surface area contributed by atoms with Crippen LogP contribution in [-0.2, 0) is 14.3 Å². The summed E-state index contributed by atoms with van der Waals surface area (Å²) in [7, 11) is 0. The second-order valence-electron chi connectivity index (χ2n) is 6.16. The van der Waals surface area contributed by atoms with E-state index in [4.69, 9.17) is 9.47 Å². The van der Waals surface area contributed by atoms with Crippen molar-refractivity contribution in [1.82, 2.24) is 0 Å². The molecule has 0 rings (SSSR count). The van der Waals surface area contributed by atoms with Gasteiger partial charge in [0.1, 0.15) is 0 Å². The normalized spacial score (nSPS) is 15.6. The van der Waals surface area contributed by atoms with Gasteiger partial charge in [0, 0.05) is 12.0 Å². The molecule has 1 unspecified atom stereocenters. The molecular formula is C15H30O3. The summed E-state index contributed by atoms with van der Waals surface area (Å²) < 4.78 is 11.1. The molecule has 3 nitrogen and oxygen atoms in total. The summed E-state index contributed by atoms with van der Waals surface area (Å²) in [5.74, 6) is 0.321. The Morgan fingerprint density at radius 1 is 1.11 bits per heavy atom. The van der Waals surface area contributed by atoms with Gasteiger partial charge in [-0.2, -0.15) is 0 Å². The van der Waals surface area contributed by atoms with Gasteiger partial charge in [-0.15, -0.1) is 0 Å². The van der Waals surface area contributed by atoms with Crippen molar-refractivity contribution in [2.45, 2.75) is 66.9 Å². The molecule has 18 heavy (non-hydrogen) atoms. The monoisotopic (exact) mass is 258 g/mol. The topological polar surface area (TPSA) is 35.5 Å². The lowest BCUT2D eigenvalue weighted by atomic mass is 9.72. The third kappa shape index (κ3) is 4.27. The zero-order valence-corrected chi connectivity index (χ0v) is 13.1. The lowest BCUT2D eigenvalue weighted by molar-refractivity contribution is -0.191. The molecule has 0 spiro atoms. The molecular weight excluding hydrogens is 228 g/mol. The number of esters is 1. The summed E-state index contributed by atoms with van der Waals surface area (Å²) in [5.41, 5.74) is -1.10. The van der Waals surface area contributed by atoms with E-state index in [-0.39, 0.29) is 11.4 Å². The Balaban J connectivity index is 5.22. The largest absolute Gasteiger partial charge is 0.464 e.